The van der Waals surface area contributed by atoms with Gasteiger partial charge in [-0.25, -0.2) is 4.68 Å². The average Bonchev–Trinajstić information content (AvgIpc) is 2.74. The predicted octanol–water partition coefficient (Wildman–Crippen LogP) is 2.77. The van der Waals surface area contributed by atoms with Crippen molar-refractivity contribution in [3.05, 3.63) is 70.6 Å². The first kappa shape index (κ1) is 18.2. The maximum atomic E-state index is 13.4. The van der Waals surface area contributed by atoms with Crippen LogP contribution in [0, 0.1) is 0 Å². The molecule has 1 aliphatic heterocycles. The van der Waals surface area contributed by atoms with Crippen molar-refractivity contribution >= 4 is 22.4 Å². The van der Waals surface area contributed by atoms with Crippen LogP contribution in [-0.2, 0) is 6.54 Å². The second-order valence-electron chi connectivity index (χ2n) is 7.14. The Labute approximate surface area is 164 Å². The minimum absolute atomic E-state index is 0.0454. The lowest BCUT2D eigenvalue weighted by Crippen LogP contribution is -2.54. The molecular weight excluding hydrogens is 352 g/mol. The third kappa shape index (κ3) is 3.15. The van der Waals surface area contributed by atoms with Crippen LogP contribution in [0.3, 0.4) is 0 Å². The number of carbonyl (C=O) groups excluding carboxylic acids is 1. The van der Waals surface area contributed by atoms with Gasteiger partial charge >= 0.3 is 0 Å². The van der Waals surface area contributed by atoms with Crippen LogP contribution < -0.4 is 10.5 Å². The van der Waals surface area contributed by atoms with E-state index in [2.05, 4.69) is 29.1 Å². The van der Waals surface area contributed by atoms with E-state index >= 15 is 0 Å². The van der Waals surface area contributed by atoms with Gasteiger partial charge in [0.05, 0.1) is 5.39 Å². The van der Waals surface area contributed by atoms with E-state index in [4.69, 9.17) is 0 Å². The Morgan fingerprint density at radius 3 is 2.39 bits per heavy atom. The number of fused-ring (bicyclic) bond motifs is 1. The Morgan fingerprint density at radius 1 is 1.04 bits per heavy atom. The SMILES string of the molecule is CCn1nc(C(=O)N2CCN(c3ccccc3)C[C@@H]2C)c2ccccc2c1=O. The Morgan fingerprint density at radius 2 is 1.71 bits per heavy atom. The van der Waals surface area contributed by atoms with Crippen LogP contribution in [0.1, 0.15) is 24.3 Å². The van der Waals surface area contributed by atoms with Crippen molar-refractivity contribution in [1.29, 1.82) is 0 Å². The fourth-order valence-electron chi connectivity index (χ4n) is 3.88. The normalized spacial score (nSPS) is 17.1. The Kier molecular flexibility index (Phi) is 4.86. The molecule has 0 spiro atoms. The van der Waals surface area contributed by atoms with E-state index in [-0.39, 0.29) is 17.5 Å². The molecule has 0 saturated carbocycles. The maximum absolute atomic E-state index is 13.4. The van der Waals surface area contributed by atoms with Gasteiger partial charge < -0.3 is 9.80 Å². The molecule has 28 heavy (non-hydrogen) atoms. The van der Waals surface area contributed by atoms with Crippen molar-refractivity contribution < 1.29 is 4.79 Å². The van der Waals surface area contributed by atoms with Crippen molar-refractivity contribution in [2.45, 2.75) is 26.4 Å². The van der Waals surface area contributed by atoms with Gasteiger partial charge in [-0.2, -0.15) is 5.10 Å². The summed E-state index contributed by atoms with van der Waals surface area (Å²) in [7, 11) is 0. The van der Waals surface area contributed by atoms with Gasteiger partial charge in [-0.3, -0.25) is 9.59 Å². The van der Waals surface area contributed by atoms with Gasteiger partial charge in [0.1, 0.15) is 0 Å². The van der Waals surface area contributed by atoms with Crippen LogP contribution in [0.2, 0.25) is 0 Å². The second-order valence-corrected chi connectivity index (χ2v) is 7.14. The number of para-hydroxylation sites is 1. The molecule has 0 aliphatic carbocycles. The zero-order chi connectivity index (χ0) is 19.7. The molecule has 0 bridgehead atoms. The van der Waals surface area contributed by atoms with E-state index in [0.29, 0.717) is 29.6 Å². The molecule has 1 amide bonds. The monoisotopic (exact) mass is 376 g/mol. The van der Waals surface area contributed by atoms with Gasteiger partial charge in [-0.05, 0) is 32.0 Å². The molecule has 4 rings (SSSR count). The van der Waals surface area contributed by atoms with E-state index in [0.717, 1.165) is 13.1 Å². The molecule has 1 aromatic heterocycles. The quantitative estimate of drug-likeness (QED) is 0.705. The van der Waals surface area contributed by atoms with Crippen molar-refractivity contribution in [1.82, 2.24) is 14.7 Å². The number of aryl methyl sites for hydroxylation is 1. The molecule has 2 heterocycles. The third-order valence-corrected chi connectivity index (χ3v) is 5.38. The first-order valence-electron chi connectivity index (χ1n) is 9.71. The van der Waals surface area contributed by atoms with Crippen LogP contribution in [0.4, 0.5) is 5.69 Å². The fraction of sp³-hybridized carbons (Fsp3) is 0.318. The number of benzene rings is 2. The van der Waals surface area contributed by atoms with E-state index in [1.807, 2.05) is 48.2 Å². The predicted molar refractivity (Wildman–Crippen MR) is 111 cm³/mol. The van der Waals surface area contributed by atoms with Crippen molar-refractivity contribution in [2.24, 2.45) is 0 Å². The number of amides is 1. The highest BCUT2D eigenvalue weighted by Gasteiger charge is 2.30. The summed E-state index contributed by atoms with van der Waals surface area (Å²) in [6.45, 7) is 6.51. The number of aromatic nitrogens is 2. The number of anilines is 1. The smallest absolute Gasteiger partial charge is 0.275 e. The molecule has 144 valence electrons. The molecule has 0 N–H and O–H groups in total. The van der Waals surface area contributed by atoms with Gasteiger partial charge in [-0.15, -0.1) is 0 Å². The molecule has 0 unspecified atom stereocenters. The molecule has 1 fully saturated rings. The molecular formula is C22H24N4O2. The summed E-state index contributed by atoms with van der Waals surface area (Å²) in [5, 5.41) is 5.57. The molecule has 1 atom stereocenters. The van der Waals surface area contributed by atoms with Crippen LogP contribution in [-0.4, -0.2) is 46.3 Å². The minimum Gasteiger partial charge on any atom is -0.368 e. The van der Waals surface area contributed by atoms with Crippen molar-refractivity contribution in [2.75, 3.05) is 24.5 Å². The number of hydrogen-bond acceptors (Lipinski definition) is 4. The van der Waals surface area contributed by atoms with Crippen LogP contribution >= 0.6 is 0 Å². The van der Waals surface area contributed by atoms with Crippen LogP contribution in [0.25, 0.3) is 10.8 Å². The largest absolute Gasteiger partial charge is 0.368 e. The molecule has 1 aliphatic rings. The summed E-state index contributed by atoms with van der Waals surface area (Å²) in [4.78, 5) is 30.1. The molecule has 2 aromatic carbocycles. The number of hydrogen-bond donors (Lipinski definition) is 0. The summed E-state index contributed by atoms with van der Waals surface area (Å²) in [6, 6.07) is 17.5. The lowest BCUT2D eigenvalue weighted by Gasteiger charge is -2.41. The first-order chi connectivity index (χ1) is 13.6. The molecule has 3 aromatic rings. The average molecular weight is 376 g/mol. The zero-order valence-electron chi connectivity index (χ0n) is 16.2. The second kappa shape index (κ2) is 7.46. The van der Waals surface area contributed by atoms with Gasteiger partial charge in [0.25, 0.3) is 11.5 Å². The maximum Gasteiger partial charge on any atom is 0.275 e. The number of carbonyl (C=O) groups is 1. The van der Waals surface area contributed by atoms with Crippen molar-refractivity contribution in [3.63, 3.8) is 0 Å². The zero-order valence-corrected chi connectivity index (χ0v) is 16.2. The van der Waals surface area contributed by atoms with Gasteiger partial charge in [0.15, 0.2) is 5.69 Å². The van der Waals surface area contributed by atoms with E-state index in [9.17, 15) is 9.59 Å². The Hall–Kier alpha value is -3.15. The summed E-state index contributed by atoms with van der Waals surface area (Å²) in [6.07, 6.45) is 0. The number of piperazine rings is 1. The van der Waals surface area contributed by atoms with E-state index in [1.54, 1.807) is 6.07 Å². The van der Waals surface area contributed by atoms with E-state index in [1.165, 1.54) is 10.4 Å². The van der Waals surface area contributed by atoms with Crippen LogP contribution in [0.5, 0.6) is 0 Å². The third-order valence-electron chi connectivity index (χ3n) is 5.38. The highest BCUT2D eigenvalue weighted by Crippen LogP contribution is 2.22. The summed E-state index contributed by atoms with van der Waals surface area (Å²) < 4.78 is 1.38. The fourth-order valence-corrected chi connectivity index (χ4v) is 3.88. The Balaban J connectivity index is 1.65. The lowest BCUT2D eigenvalue weighted by atomic mass is 10.1. The van der Waals surface area contributed by atoms with Crippen molar-refractivity contribution in [3.8, 4) is 0 Å². The Bertz CT molecular complexity index is 1060. The topological polar surface area (TPSA) is 58.4 Å². The first-order valence-corrected chi connectivity index (χ1v) is 9.71. The van der Waals surface area contributed by atoms with E-state index < -0.39 is 0 Å². The standard InChI is InChI=1S/C22H24N4O2/c1-3-26-21(27)19-12-8-7-11-18(19)20(23-26)22(28)25-14-13-24(15-16(25)2)17-9-5-4-6-10-17/h4-12,16H,3,13-15H2,1-2H3/t16-/m0/s1. The summed E-state index contributed by atoms with van der Waals surface area (Å²) in [5.41, 5.74) is 1.37. The highest BCUT2D eigenvalue weighted by atomic mass is 16.2. The highest BCUT2D eigenvalue weighted by molar-refractivity contribution is 6.05. The lowest BCUT2D eigenvalue weighted by molar-refractivity contribution is 0.0667. The van der Waals surface area contributed by atoms with Gasteiger partial charge in [-0.1, -0.05) is 36.4 Å². The minimum atomic E-state index is -0.156. The van der Waals surface area contributed by atoms with Gasteiger partial charge in [0, 0.05) is 43.3 Å². The molecule has 0 radical (unpaired) electrons. The van der Waals surface area contributed by atoms with Gasteiger partial charge in [0.2, 0.25) is 0 Å². The summed E-state index contributed by atoms with van der Waals surface area (Å²) >= 11 is 0. The summed E-state index contributed by atoms with van der Waals surface area (Å²) in [5.74, 6) is -0.112. The number of rotatable bonds is 3. The molecule has 6 heteroatoms. The number of nitrogens with zero attached hydrogens (tertiary/aromatic N) is 4. The molecule has 6 nitrogen and oxygen atoms in total. The van der Waals surface area contributed by atoms with Crippen LogP contribution in [0.15, 0.2) is 59.4 Å². The molecule has 1 saturated heterocycles.